The third kappa shape index (κ3) is 4.82. The number of carbonyl (C=O) groups is 2. The van der Waals surface area contributed by atoms with E-state index in [1.807, 2.05) is 19.1 Å². The van der Waals surface area contributed by atoms with Crippen LogP contribution in [0.2, 0.25) is 0 Å². The first kappa shape index (κ1) is 14.0. The van der Waals surface area contributed by atoms with Gasteiger partial charge in [-0.15, -0.1) is 0 Å². The first-order chi connectivity index (χ1) is 8.49. The molecule has 1 rings (SSSR count). The van der Waals surface area contributed by atoms with Crippen LogP contribution in [0.5, 0.6) is 5.75 Å². The van der Waals surface area contributed by atoms with Gasteiger partial charge in [0.1, 0.15) is 12.4 Å². The van der Waals surface area contributed by atoms with Gasteiger partial charge in [-0.1, -0.05) is 24.3 Å². The van der Waals surface area contributed by atoms with Crippen molar-refractivity contribution in [3.8, 4) is 5.75 Å². The minimum Gasteiger partial charge on any atom is -0.462 e. The fraction of sp³-hybridized carbons (Fsp3) is 0.286. The van der Waals surface area contributed by atoms with E-state index < -0.39 is 11.9 Å². The molecule has 0 saturated carbocycles. The van der Waals surface area contributed by atoms with Crippen LogP contribution < -0.4 is 4.74 Å². The highest BCUT2D eigenvalue weighted by Crippen LogP contribution is 2.12. The fourth-order valence-corrected chi connectivity index (χ4v) is 1.14. The monoisotopic (exact) mass is 248 g/mol. The largest absolute Gasteiger partial charge is 0.462 e. The average molecular weight is 248 g/mol. The number of hydrogen-bond donors (Lipinski definition) is 0. The van der Waals surface area contributed by atoms with Crippen molar-refractivity contribution < 1.29 is 19.1 Å². The molecule has 1 aromatic rings. The van der Waals surface area contributed by atoms with Gasteiger partial charge in [-0.2, -0.15) is 0 Å². The summed E-state index contributed by atoms with van der Waals surface area (Å²) in [7, 11) is 0. The molecule has 96 valence electrons. The standard InChI is InChI=1S/C14H16O4/c1-10(2)14(16)17-9-8-13(15)18-12-6-4-11(3)5-7-12/h4-7H,1,8-9H2,2-3H3. The number of hydrogen-bond acceptors (Lipinski definition) is 4. The molecule has 1 aromatic carbocycles. The molecule has 4 nitrogen and oxygen atoms in total. The summed E-state index contributed by atoms with van der Waals surface area (Å²) < 4.78 is 9.85. The third-order valence-electron chi connectivity index (χ3n) is 2.14. The highest BCUT2D eigenvalue weighted by Gasteiger charge is 2.08. The van der Waals surface area contributed by atoms with E-state index in [9.17, 15) is 9.59 Å². The molecule has 0 fully saturated rings. The highest BCUT2D eigenvalue weighted by molar-refractivity contribution is 5.87. The Morgan fingerprint density at radius 1 is 1.22 bits per heavy atom. The Balaban J connectivity index is 2.32. The summed E-state index contributed by atoms with van der Waals surface area (Å²) in [6.07, 6.45) is 0.0207. The minimum absolute atomic E-state index is 0.00358. The van der Waals surface area contributed by atoms with Gasteiger partial charge in [-0.05, 0) is 26.0 Å². The lowest BCUT2D eigenvalue weighted by molar-refractivity contribution is -0.142. The maximum atomic E-state index is 11.4. The zero-order valence-electron chi connectivity index (χ0n) is 10.6. The molecule has 0 radical (unpaired) electrons. The molecule has 0 atom stereocenters. The zero-order valence-corrected chi connectivity index (χ0v) is 10.6. The summed E-state index contributed by atoms with van der Waals surface area (Å²) in [6, 6.07) is 7.13. The van der Waals surface area contributed by atoms with E-state index in [0.29, 0.717) is 11.3 Å². The van der Waals surface area contributed by atoms with E-state index >= 15 is 0 Å². The molecule has 0 saturated heterocycles. The topological polar surface area (TPSA) is 52.6 Å². The second-order valence-electron chi connectivity index (χ2n) is 3.95. The maximum absolute atomic E-state index is 11.4. The predicted octanol–water partition coefficient (Wildman–Crippen LogP) is 2.41. The predicted molar refractivity (Wildman–Crippen MR) is 67.2 cm³/mol. The molecule has 0 unspecified atom stereocenters. The van der Waals surface area contributed by atoms with E-state index in [0.717, 1.165) is 5.56 Å². The van der Waals surface area contributed by atoms with Crippen molar-refractivity contribution in [3.63, 3.8) is 0 Å². The summed E-state index contributed by atoms with van der Waals surface area (Å²) in [6.45, 7) is 6.93. The van der Waals surface area contributed by atoms with Crippen molar-refractivity contribution in [3.05, 3.63) is 42.0 Å². The molecule has 0 aromatic heterocycles. The van der Waals surface area contributed by atoms with Crippen molar-refractivity contribution in [1.29, 1.82) is 0 Å². The average Bonchev–Trinajstić information content (AvgIpc) is 2.32. The van der Waals surface area contributed by atoms with Crippen LogP contribution >= 0.6 is 0 Å². The van der Waals surface area contributed by atoms with E-state index in [2.05, 4.69) is 6.58 Å². The van der Waals surface area contributed by atoms with Gasteiger partial charge >= 0.3 is 11.9 Å². The number of rotatable bonds is 5. The van der Waals surface area contributed by atoms with Crippen molar-refractivity contribution >= 4 is 11.9 Å². The van der Waals surface area contributed by atoms with Crippen LogP contribution in [0.1, 0.15) is 18.9 Å². The molecule has 18 heavy (non-hydrogen) atoms. The minimum atomic E-state index is -0.502. The Morgan fingerprint density at radius 3 is 2.39 bits per heavy atom. The van der Waals surface area contributed by atoms with Crippen LogP contribution in [0.3, 0.4) is 0 Å². The third-order valence-corrected chi connectivity index (χ3v) is 2.14. The molecule has 0 N–H and O–H groups in total. The molecule has 0 bridgehead atoms. The maximum Gasteiger partial charge on any atom is 0.333 e. The molecule has 0 aliphatic carbocycles. The number of carbonyl (C=O) groups excluding carboxylic acids is 2. The number of ether oxygens (including phenoxy) is 2. The molecule has 4 heteroatoms. The second-order valence-corrected chi connectivity index (χ2v) is 3.95. The number of benzene rings is 1. The van der Waals surface area contributed by atoms with Gasteiger partial charge in [0.05, 0.1) is 6.42 Å². The summed E-state index contributed by atoms with van der Waals surface area (Å²) in [5.74, 6) is -0.455. The number of aryl methyl sites for hydroxylation is 1. The van der Waals surface area contributed by atoms with E-state index in [1.165, 1.54) is 0 Å². The Hall–Kier alpha value is -2.10. The highest BCUT2D eigenvalue weighted by atomic mass is 16.5. The lowest BCUT2D eigenvalue weighted by Crippen LogP contribution is -2.14. The Bertz CT molecular complexity index is 445. The summed E-state index contributed by atoms with van der Waals surface area (Å²) in [5.41, 5.74) is 1.40. The van der Waals surface area contributed by atoms with E-state index in [-0.39, 0.29) is 13.0 Å². The smallest absolute Gasteiger partial charge is 0.333 e. The Morgan fingerprint density at radius 2 is 1.83 bits per heavy atom. The second kappa shape index (κ2) is 6.59. The van der Waals surface area contributed by atoms with Crippen LogP contribution in [0, 0.1) is 6.92 Å². The molecule has 0 amide bonds. The molecule has 0 aliphatic rings. The SMILES string of the molecule is C=C(C)C(=O)OCCC(=O)Oc1ccc(C)cc1. The normalized spacial score (nSPS) is 9.67. The Labute approximate surface area is 106 Å². The van der Waals surface area contributed by atoms with Gasteiger partial charge in [0.15, 0.2) is 0 Å². The number of esters is 2. The molecule has 0 aliphatic heterocycles. The molecule has 0 heterocycles. The first-order valence-electron chi connectivity index (χ1n) is 5.59. The van der Waals surface area contributed by atoms with Crippen molar-refractivity contribution in [1.82, 2.24) is 0 Å². The van der Waals surface area contributed by atoms with Crippen LogP contribution in [0.25, 0.3) is 0 Å². The first-order valence-corrected chi connectivity index (χ1v) is 5.59. The van der Waals surface area contributed by atoms with Crippen LogP contribution in [0.4, 0.5) is 0 Å². The molecule has 0 spiro atoms. The van der Waals surface area contributed by atoms with Crippen LogP contribution in [0.15, 0.2) is 36.4 Å². The fourth-order valence-electron chi connectivity index (χ4n) is 1.14. The summed E-state index contributed by atoms with van der Waals surface area (Å²) in [5, 5.41) is 0. The van der Waals surface area contributed by atoms with Gasteiger partial charge in [-0.3, -0.25) is 4.79 Å². The van der Waals surface area contributed by atoms with Crippen molar-refractivity contribution in [2.75, 3.05) is 6.61 Å². The van der Waals surface area contributed by atoms with E-state index in [1.54, 1.807) is 19.1 Å². The van der Waals surface area contributed by atoms with Gasteiger partial charge in [0.2, 0.25) is 0 Å². The van der Waals surface area contributed by atoms with Gasteiger partial charge in [0.25, 0.3) is 0 Å². The van der Waals surface area contributed by atoms with Gasteiger partial charge in [0, 0.05) is 5.57 Å². The quantitative estimate of drug-likeness (QED) is 0.456. The molecular formula is C14H16O4. The summed E-state index contributed by atoms with van der Waals surface area (Å²) in [4.78, 5) is 22.5. The van der Waals surface area contributed by atoms with Crippen LogP contribution in [-0.2, 0) is 14.3 Å². The Kier molecular flexibility index (Phi) is 5.11. The van der Waals surface area contributed by atoms with Crippen molar-refractivity contribution in [2.24, 2.45) is 0 Å². The van der Waals surface area contributed by atoms with Crippen molar-refractivity contribution in [2.45, 2.75) is 20.3 Å². The van der Waals surface area contributed by atoms with E-state index in [4.69, 9.17) is 9.47 Å². The molecular weight excluding hydrogens is 232 g/mol. The van der Waals surface area contributed by atoms with Gasteiger partial charge < -0.3 is 9.47 Å². The van der Waals surface area contributed by atoms with Crippen LogP contribution in [-0.4, -0.2) is 18.5 Å². The summed E-state index contributed by atoms with van der Waals surface area (Å²) >= 11 is 0. The van der Waals surface area contributed by atoms with Gasteiger partial charge in [-0.25, -0.2) is 4.79 Å². The lowest BCUT2D eigenvalue weighted by Gasteiger charge is -2.05. The lowest BCUT2D eigenvalue weighted by atomic mass is 10.2. The zero-order chi connectivity index (χ0) is 13.5.